The summed E-state index contributed by atoms with van der Waals surface area (Å²) in [6, 6.07) is 11.4. The third-order valence-electron chi connectivity index (χ3n) is 2.87. The lowest BCUT2D eigenvalue weighted by Gasteiger charge is -2.09. The fraction of sp³-hybridized carbons (Fsp3) is 0.214. The highest BCUT2D eigenvalue weighted by Gasteiger charge is 2.16. The minimum atomic E-state index is 0.282. The van der Waals surface area contributed by atoms with Gasteiger partial charge in [-0.1, -0.05) is 18.2 Å². The molecule has 2 heterocycles. The van der Waals surface area contributed by atoms with Gasteiger partial charge in [0.2, 0.25) is 12.7 Å². The number of anilines is 1. The molecule has 1 aromatic heterocycles. The molecule has 98 valence electrons. The van der Waals surface area contributed by atoms with E-state index in [9.17, 15) is 0 Å². The van der Waals surface area contributed by atoms with Crippen LogP contribution in [-0.4, -0.2) is 18.9 Å². The molecule has 19 heavy (non-hydrogen) atoms. The van der Waals surface area contributed by atoms with Crippen LogP contribution in [0.1, 0.15) is 5.56 Å². The Hall–Kier alpha value is -2.43. The van der Waals surface area contributed by atoms with Crippen molar-refractivity contribution in [1.29, 1.82) is 0 Å². The second-order valence-corrected chi connectivity index (χ2v) is 4.07. The van der Waals surface area contributed by atoms with Crippen LogP contribution in [0.4, 0.5) is 5.82 Å². The van der Waals surface area contributed by atoms with Crippen molar-refractivity contribution in [2.45, 2.75) is 6.54 Å². The summed E-state index contributed by atoms with van der Waals surface area (Å²) in [6.07, 6.45) is 0. The number of pyridine rings is 1. The summed E-state index contributed by atoms with van der Waals surface area (Å²) in [5.74, 6) is 2.94. The molecule has 1 N–H and O–H groups in total. The summed E-state index contributed by atoms with van der Waals surface area (Å²) in [7, 11) is 1.60. The molecule has 1 aliphatic heterocycles. The number of hydrogen-bond donors (Lipinski definition) is 1. The maximum atomic E-state index is 5.46. The highest BCUT2D eigenvalue weighted by molar-refractivity contribution is 5.50. The van der Waals surface area contributed by atoms with E-state index < -0.39 is 0 Å². The predicted octanol–water partition coefficient (Wildman–Crippen LogP) is 2.43. The summed E-state index contributed by atoms with van der Waals surface area (Å²) < 4.78 is 15.9. The van der Waals surface area contributed by atoms with Crippen LogP contribution in [0.25, 0.3) is 0 Å². The van der Waals surface area contributed by atoms with Crippen molar-refractivity contribution >= 4 is 5.82 Å². The normalized spacial score (nSPS) is 12.3. The van der Waals surface area contributed by atoms with Gasteiger partial charge in [-0.2, -0.15) is 4.98 Å². The number of nitrogens with one attached hydrogen (secondary N) is 1. The quantitative estimate of drug-likeness (QED) is 0.912. The van der Waals surface area contributed by atoms with Gasteiger partial charge in [-0.05, 0) is 12.1 Å². The molecule has 1 aromatic carbocycles. The third kappa shape index (κ3) is 2.40. The van der Waals surface area contributed by atoms with E-state index in [1.807, 2.05) is 36.4 Å². The Morgan fingerprint density at radius 3 is 3.00 bits per heavy atom. The number of hydrogen-bond acceptors (Lipinski definition) is 5. The summed E-state index contributed by atoms with van der Waals surface area (Å²) in [4.78, 5) is 4.29. The lowest BCUT2D eigenvalue weighted by Crippen LogP contribution is -2.03. The van der Waals surface area contributed by atoms with Crippen LogP contribution in [0.15, 0.2) is 36.4 Å². The van der Waals surface area contributed by atoms with Gasteiger partial charge in [-0.3, -0.25) is 0 Å². The molecule has 0 spiro atoms. The Kier molecular flexibility index (Phi) is 3.10. The van der Waals surface area contributed by atoms with E-state index in [0.717, 1.165) is 22.9 Å². The lowest BCUT2D eigenvalue weighted by molar-refractivity contribution is 0.173. The van der Waals surface area contributed by atoms with Crippen molar-refractivity contribution in [1.82, 2.24) is 4.98 Å². The van der Waals surface area contributed by atoms with Crippen LogP contribution in [0.2, 0.25) is 0 Å². The monoisotopic (exact) mass is 258 g/mol. The molecule has 0 saturated heterocycles. The van der Waals surface area contributed by atoms with Crippen molar-refractivity contribution in [2.75, 3.05) is 19.2 Å². The van der Waals surface area contributed by atoms with Crippen molar-refractivity contribution in [2.24, 2.45) is 0 Å². The third-order valence-corrected chi connectivity index (χ3v) is 2.87. The molecule has 5 nitrogen and oxygen atoms in total. The first-order valence-electron chi connectivity index (χ1n) is 5.99. The molecule has 5 heteroatoms. The van der Waals surface area contributed by atoms with E-state index in [0.29, 0.717) is 12.4 Å². The fourth-order valence-corrected chi connectivity index (χ4v) is 1.94. The number of methoxy groups -OCH3 is 1. The Morgan fingerprint density at radius 2 is 2.11 bits per heavy atom. The van der Waals surface area contributed by atoms with E-state index in [1.165, 1.54) is 0 Å². The molecule has 0 bridgehead atoms. The minimum absolute atomic E-state index is 0.282. The Balaban J connectivity index is 1.74. The summed E-state index contributed by atoms with van der Waals surface area (Å²) >= 11 is 0. The van der Waals surface area contributed by atoms with Crippen LogP contribution in [0, 0.1) is 0 Å². The predicted molar refractivity (Wildman–Crippen MR) is 70.7 cm³/mol. The molecular formula is C14H14N2O3. The fourth-order valence-electron chi connectivity index (χ4n) is 1.94. The maximum absolute atomic E-state index is 5.46. The first-order chi connectivity index (χ1) is 9.36. The number of rotatable bonds is 4. The molecule has 3 rings (SSSR count). The number of aromatic nitrogens is 1. The number of benzene rings is 1. The first-order valence-corrected chi connectivity index (χ1v) is 5.99. The van der Waals surface area contributed by atoms with Gasteiger partial charge in [-0.15, -0.1) is 0 Å². The van der Waals surface area contributed by atoms with Crippen molar-refractivity contribution < 1.29 is 14.2 Å². The highest BCUT2D eigenvalue weighted by Crippen LogP contribution is 2.35. The van der Waals surface area contributed by atoms with Crippen LogP contribution in [0.3, 0.4) is 0 Å². The largest absolute Gasteiger partial charge is 0.481 e. The molecule has 0 fully saturated rings. The number of fused-ring (bicyclic) bond motifs is 1. The molecule has 1 aliphatic rings. The highest BCUT2D eigenvalue weighted by atomic mass is 16.7. The zero-order valence-corrected chi connectivity index (χ0v) is 10.6. The summed E-state index contributed by atoms with van der Waals surface area (Å²) in [5.41, 5.74) is 1.04. The molecule has 0 radical (unpaired) electrons. The smallest absolute Gasteiger partial charge is 0.231 e. The molecule has 0 aliphatic carbocycles. The maximum Gasteiger partial charge on any atom is 0.231 e. The van der Waals surface area contributed by atoms with Crippen molar-refractivity contribution in [3.05, 3.63) is 42.0 Å². The van der Waals surface area contributed by atoms with Gasteiger partial charge < -0.3 is 19.5 Å². The van der Waals surface area contributed by atoms with Crippen LogP contribution in [0.5, 0.6) is 17.4 Å². The number of ether oxygens (including phenoxy) is 3. The van der Waals surface area contributed by atoms with Gasteiger partial charge in [0.1, 0.15) is 5.82 Å². The zero-order chi connectivity index (χ0) is 13.1. The van der Waals surface area contributed by atoms with Gasteiger partial charge in [0, 0.05) is 18.2 Å². The van der Waals surface area contributed by atoms with E-state index in [4.69, 9.17) is 14.2 Å². The van der Waals surface area contributed by atoms with E-state index >= 15 is 0 Å². The minimum Gasteiger partial charge on any atom is -0.481 e. The average molecular weight is 258 g/mol. The van der Waals surface area contributed by atoms with Gasteiger partial charge in [0.25, 0.3) is 0 Å². The van der Waals surface area contributed by atoms with E-state index in [-0.39, 0.29) is 6.79 Å². The van der Waals surface area contributed by atoms with Gasteiger partial charge in [0.15, 0.2) is 11.5 Å². The number of nitrogens with zero attached hydrogens (tertiary/aromatic N) is 1. The van der Waals surface area contributed by atoms with Crippen LogP contribution >= 0.6 is 0 Å². The molecule has 2 aromatic rings. The Morgan fingerprint density at radius 1 is 1.21 bits per heavy atom. The van der Waals surface area contributed by atoms with Crippen LogP contribution in [-0.2, 0) is 6.54 Å². The van der Waals surface area contributed by atoms with Gasteiger partial charge >= 0.3 is 0 Å². The Labute approximate surface area is 111 Å². The zero-order valence-electron chi connectivity index (χ0n) is 10.6. The van der Waals surface area contributed by atoms with Crippen molar-refractivity contribution in [3.8, 4) is 17.4 Å². The SMILES string of the molecule is COc1cccc(NCc2cccc3c2OCO3)n1. The lowest BCUT2D eigenvalue weighted by atomic mass is 10.2. The summed E-state index contributed by atoms with van der Waals surface area (Å²) in [5, 5.41) is 3.24. The van der Waals surface area contributed by atoms with Gasteiger partial charge in [-0.25, -0.2) is 0 Å². The van der Waals surface area contributed by atoms with Crippen LogP contribution < -0.4 is 19.5 Å². The molecule has 0 atom stereocenters. The molecule has 0 amide bonds. The Bertz CT molecular complexity index is 587. The second kappa shape index (κ2) is 5.06. The van der Waals surface area contributed by atoms with Gasteiger partial charge in [0.05, 0.1) is 7.11 Å². The van der Waals surface area contributed by atoms with E-state index in [2.05, 4.69) is 10.3 Å². The second-order valence-electron chi connectivity index (χ2n) is 4.07. The number of para-hydroxylation sites is 1. The summed E-state index contributed by atoms with van der Waals surface area (Å²) in [6.45, 7) is 0.899. The molecule has 0 unspecified atom stereocenters. The average Bonchev–Trinajstić information content (AvgIpc) is 2.94. The van der Waals surface area contributed by atoms with E-state index in [1.54, 1.807) is 7.11 Å². The molecule has 0 saturated carbocycles. The topological polar surface area (TPSA) is 52.6 Å². The standard InChI is InChI=1S/C14H14N2O3/c1-17-13-7-3-6-12(16-13)15-8-10-4-2-5-11-14(10)19-9-18-11/h2-7H,8-9H2,1H3,(H,15,16). The first kappa shape index (κ1) is 11.6. The molecular weight excluding hydrogens is 244 g/mol. The van der Waals surface area contributed by atoms with Crippen molar-refractivity contribution in [3.63, 3.8) is 0 Å².